The van der Waals surface area contributed by atoms with Crippen molar-refractivity contribution in [3.05, 3.63) is 52.5 Å². The maximum atomic E-state index is 12.6. The van der Waals surface area contributed by atoms with Crippen LogP contribution in [-0.2, 0) is 19.1 Å². The van der Waals surface area contributed by atoms with E-state index in [1.807, 2.05) is 0 Å². The minimum atomic E-state index is -4.67. The van der Waals surface area contributed by atoms with E-state index in [4.69, 9.17) is 0 Å². The number of carbonyl (C=O) groups is 1. The summed E-state index contributed by atoms with van der Waals surface area (Å²) in [6.45, 7) is 0.887. The van der Waals surface area contributed by atoms with E-state index in [1.54, 1.807) is 35.4 Å². The Morgan fingerprint density at radius 2 is 2.15 bits per heavy atom. The zero-order valence-electron chi connectivity index (χ0n) is 13.2. The van der Waals surface area contributed by atoms with Crippen LogP contribution in [0.2, 0.25) is 0 Å². The second-order valence-electron chi connectivity index (χ2n) is 5.67. The quantitative estimate of drug-likeness (QED) is 0.681. The first-order valence-corrected chi connectivity index (χ1v) is 8.46. The van der Waals surface area contributed by atoms with E-state index in [-0.39, 0.29) is 11.7 Å². The molecule has 134 valence electrons. The Labute approximate surface area is 149 Å². The number of alkyl halides is 3. The van der Waals surface area contributed by atoms with E-state index in [9.17, 15) is 18.0 Å². The standard InChI is InChI=1S/C16H11F3N4O2S/c17-16(18,19)15-21-13(22-25-15)11-7-9-4-6-23(8-12(9)26-11)14(24)10-3-1-2-5-20-10/h1-3,5,7H,4,6,8H2. The summed E-state index contributed by atoms with van der Waals surface area (Å²) in [4.78, 5) is 23.0. The normalized spacial score (nSPS) is 14.3. The molecule has 1 aliphatic heterocycles. The molecule has 3 aromatic rings. The third kappa shape index (κ3) is 3.07. The van der Waals surface area contributed by atoms with Crippen LogP contribution >= 0.6 is 11.3 Å². The van der Waals surface area contributed by atoms with Crippen molar-refractivity contribution in [3.63, 3.8) is 0 Å². The Hall–Kier alpha value is -2.75. The van der Waals surface area contributed by atoms with Crippen LogP contribution < -0.4 is 0 Å². The highest BCUT2D eigenvalue weighted by Gasteiger charge is 2.38. The van der Waals surface area contributed by atoms with Crippen molar-refractivity contribution in [2.24, 2.45) is 0 Å². The number of amides is 1. The first-order chi connectivity index (χ1) is 12.4. The number of rotatable bonds is 2. The summed E-state index contributed by atoms with van der Waals surface area (Å²) < 4.78 is 42.1. The lowest BCUT2D eigenvalue weighted by Gasteiger charge is -2.26. The van der Waals surface area contributed by atoms with Crippen molar-refractivity contribution in [3.8, 4) is 10.7 Å². The smallest absolute Gasteiger partial charge is 0.332 e. The number of halogens is 3. The van der Waals surface area contributed by atoms with Crippen molar-refractivity contribution >= 4 is 17.2 Å². The van der Waals surface area contributed by atoms with E-state index in [0.29, 0.717) is 30.1 Å². The number of fused-ring (bicyclic) bond motifs is 1. The average Bonchev–Trinajstić information content (AvgIpc) is 3.27. The van der Waals surface area contributed by atoms with Gasteiger partial charge in [-0.3, -0.25) is 9.78 Å². The Balaban J connectivity index is 1.56. The molecule has 0 unspecified atom stereocenters. The monoisotopic (exact) mass is 380 g/mol. The largest absolute Gasteiger partial charge is 0.471 e. The molecule has 1 amide bonds. The summed E-state index contributed by atoms with van der Waals surface area (Å²) in [6, 6.07) is 6.88. The molecule has 0 saturated carbocycles. The number of pyridine rings is 1. The zero-order valence-corrected chi connectivity index (χ0v) is 14.0. The first kappa shape index (κ1) is 16.7. The molecule has 0 bridgehead atoms. The van der Waals surface area contributed by atoms with Gasteiger partial charge < -0.3 is 9.42 Å². The molecule has 6 nitrogen and oxygen atoms in total. The fourth-order valence-corrected chi connectivity index (χ4v) is 3.85. The minimum Gasteiger partial charge on any atom is -0.332 e. The van der Waals surface area contributed by atoms with E-state index >= 15 is 0 Å². The predicted molar refractivity (Wildman–Crippen MR) is 85.3 cm³/mol. The molecule has 0 aliphatic carbocycles. The number of carbonyl (C=O) groups excluding carboxylic acids is 1. The highest BCUT2D eigenvalue weighted by Crippen LogP contribution is 2.35. The van der Waals surface area contributed by atoms with E-state index < -0.39 is 12.1 Å². The van der Waals surface area contributed by atoms with Crippen LogP contribution in [0.4, 0.5) is 13.2 Å². The number of nitrogens with zero attached hydrogens (tertiary/aromatic N) is 4. The van der Waals surface area contributed by atoms with Gasteiger partial charge in [0.05, 0.1) is 11.4 Å². The second kappa shape index (κ2) is 6.20. The van der Waals surface area contributed by atoms with Crippen molar-refractivity contribution < 1.29 is 22.5 Å². The van der Waals surface area contributed by atoms with Gasteiger partial charge in [-0.2, -0.15) is 18.2 Å². The molecule has 26 heavy (non-hydrogen) atoms. The van der Waals surface area contributed by atoms with Gasteiger partial charge in [-0.1, -0.05) is 11.2 Å². The summed E-state index contributed by atoms with van der Waals surface area (Å²) in [5.74, 6) is -1.64. The SMILES string of the molecule is O=C(c1ccccn1)N1CCc2cc(-c3noc(C(F)(F)F)n3)sc2C1. The average molecular weight is 380 g/mol. The van der Waals surface area contributed by atoms with Crippen LogP contribution in [0.5, 0.6) is 0 Å². The third-order valence-corrected chi connectivity index (χ3v) is 5.10. The number of hydrogen-bond donors (Lipinski definition) is 0. The summed E-state index contributed by atoms with van der Waals surface area (Å²) >= 11 is 1.26. The Kier molecular flexibility index (Phi) is 3.98. The van der Waals surface area contributed by atoms with Crippen molar-refractivity contribution in [2.45, 2.75) is 19.1 Å². The van der Waals surface area contributed by atoms with Crippen LogP contribution in [0, 0.1) is 0 Å². The highest BCUT2D eigenvalue weighted by atomic mass is 32.1. The molecule has 4 heterocycles. The number of aromatic nitrogens is 3. The molecular weight excluding hydrogens is 369 g/mol. The summed E-state index contributed by atoms with van der Waals surface area (Å²) in [6.07, 6.45) is -2.51. The summed E-state index contributed by atoms with van der Waals surface area (Å²) in [7, 11) is 0. The van der Waals surface area contributed by atoms with E-state index in [1.165, 1.54) is 11.3 Å². The van der Waals surface area contributed by atoms with Gasteiger partial charge in [0.25, 0.3) is 5.91 Å². The lowest BCUT2D eigenvalue weighted by molar-refractivity contribution is -0.159. The summed E-state index contributed by atoms with van der Waals surface area (Å²) in [5.41, 5.74) is 1.34. The molecule has 0 fully saturated rings. The fourth-order valence-electron chi connectivity index (χ4n) is 2.69. The van der Waals surface area contributed by atoms with Crippen LogP contribution in [0.25, 0.3) is 10.7 Å². The molecule has 0 spiro atoms. The predicted octanol–water partition coefficient (Wildman–Crippen LogP) is 3.41. The maximum Gasteiger partial charge on any atom is 0.471 e. The Bertz CT molecular complexity index is 952. The minimum absolute atomic E-state index is 0.0978. The van der Waals surface area contributed by atoms with Gasteiger partial charge in [-0.15, -0.1) is 11.3 Å². The van der Waals surface area contributed by atoms with Crippen LogP contribution in [0.15, 0.2) is 35.0 Å². The summed E-state index contributed by atoms with van der Waals surface area (Å²) in [5, 5.41) is 3.41. The molecule has 0 radical (unpaired) electrons. The van der Waals surface area contributed by atoms with Crippen LogP contribution in [-0.4, -0.2) is 32.5 Å². The Morgan fingerprint density at radius 3 is 2.85 bits per heavy atom. The van der Waals surface area contributed by atoms with Crippen molar-refractivity contribution in [2.75, 3.05) is 6.54 Å². The van der Waals surface area contributed by atoms with Gasteiger partial charge in [-0.05, 0) is 30.2 Å². The van der Waals surface area contributed by atoms with Crippen molar-refractivity contribution in [1.82, 2.24) is 20.0 Å². The van der Waals surface area contributed by atoms with Gasteiger partial charge in [0.2, 0.25) is 5.82 Å². The first-order valence-electron chi connectivity index (χ1n) is 7.65. The lowest BCUT2D eigenvalue weighted by atomic mass is 10.1. The molecule has 0 aromatic carbocycles. The lowest BCUT2D eigenvalue weighted by Crippen LogP contribution is -2.35. The molecule has 0 saturated heterocycles. The highest BCUT2D eigenvalue weighted by molar-refractivity contribution is 7.15. The molecular formula is C16H11F3N4O2S. The molecule has 0 atom stereocenters. The number of thiophene rings is 1. The third-order valence-electron chi connectivity index (χ3n) is 3.94. The van der Waals surface area contributed by atoms with E-state index in [2.05, 4.69) is 19.6 Å². The second-order valence-corrected chi connectivity index (χ2v) is 6.81. The molecule has 10 heteroatoms. The van der Waals surface area contributed by atoms with Gasteiger partial charge in [0, 0.05) is 17.6 Å². The van der Waals surface area contributed by atoms with Gasteiger partial charge in [0.1, 0.15) is 5.69 Å². The molecule has 3 aromatic heterocycles. The van der Waals surface area contributed by atoms with Gasteiger partial charge in [-0.25, -0.2) is 0 Å². The van der Waals surface area contributed by atoms with Gasteiger partial charge >= 0.3 is 12.1 Å². The topological polar surface area (TPSA) is 72.1 Å². The van der Waals surface area contributed by atoms with Crippen LogP contribution in [0.1, 0.15) is 26.8 Å². The van der Waals surface area contributed by atoms with Crippen LogP contribution in [0.3, 0.4) is 0 Å². The number of hydrogen-bond acceptors (Lipinski definition) is 6. The molecule has 1 aliphatic rings. The van der Waals surface area contributed by atoms with Gasteiger partial charge in [0.15, 0.2) is 0 Å². The maximum absolute atomic E-state index is 12.6. The fraction of sp³-hybridized carbons (Fsp3) is 0.250. The molecule has 4 rings (SSSR count). The van der Waals surface area contributed by atoms with Crippen molar-refractivity contribution in [1.29, 1.82) is 0 Å². The van der Waals surface area contributed by atoms with E-state index in [0.717, 1.165) is 10.4 Å². The Morgan fingerprint density at radius 1 is 1.31 bits per heavy atom. The zero-order chi connectivity index (χ0) is 18.3. The molecule has 0 N–H and O–H groups in total.